The smallest absolute Gasteiger partial charge is 0.231 e. The van der Waals surface area contributed by atoms with Crippen molar-refractivity contribution >= 4 is 17.4 Å². The van der Waals surface area contributed by atoms with E-state index in [1.165, 1.54) is 12.3 Å². The molecule has 1 aliphatic rings. The van der Waals surface area contributed by atoms with Crippen molar-refractivity contribution in [3.8, 4) is 11.5 Å². The van der Waals surface area contributed by atoms with Crippen LogP contribution in [0.25, 0.3) is 0 Å². The Labute approximate surface area is 114 Å². The highest BCUT2D eigenvalue weighted by Crippen LogP contribution is 2.32. The predicted octanol–water partition coefficient (Wildman–Crippen LogP) is 3.21. The molecule has 0 radical (unpaired) electrons. The molecule has 2 heterocycles. The molecule has 4 nitrogen and oxygen atoms in total. The molecule has 0 bridgehead atoms. The molecule has 0 fully saturated rings. The van der Waals surface area contributed by atoms with Gasteiger partial charge in [0.2, 0.25) is 6.79 Å². The number of rotatable bonds is 3. The molecule has 2 aromatic rings. The van der Waals surface area contributed by atoms with Crippen LogP contribution in [0, 0.1) is 5.82 Å². The number of hydrogen-bond donors (Lipinski definition) is 1. The second kappa shape index (κ2) is 4.93. The number of hydrogen-bond acceptors (Lipinski definition) is 4. The summed E-state index contributed by atoms with van der Waals surface area (Å²) in [6, 6.07) is 6.78. The quantitative estimate of drug-likeness (QED) is 0.937. The predicted molar refractivity (Wildman–Crippen MR) is 69.1 cm³/mol. The molecule has 6 heteroatoms. The molecule has 0 amide bonds. The number of halogens is 2. The van der Waals surface area contributed by atoms with E-state index in [4.69, 9.17) is 21.1 Å². The van der Waals surface area contributed by atoms with Crippen molar-refractivity contribution < 1.29 is 13.9 Å². The maximum absolute atomic E-state index is 13.5. The van der Waals surface area contributed by atoms with Gasteiger partial charge in [0.05, 0.1) is 5.02 Å². The summed E-state index contributed by atoms with van der Waals surface area (Å²) in [4.78, 5) is 3.89. The lowest BCUT2D eigenvalue weighted by Crippen LogP contribution is -2.03. The lowest BCUT2D eigenvalue weighted by Gasteiger charge is -2.07. The second-order valence-electron chi connectivity index (χ2n) is 4.03. The van der Waals surface area contributed by atoms with Crippen LogP contribution >= 0.6 is 11.6 Å². The van der Waals surface area contributed by atoms with Crippen molar-refractivity contribution in [1.29, 1.82) is 0 Å². The van der Waals surface area contributed by atoms with Crippen LogP contribution in [0.3, 0.4) is 0 Å². The lowest BCUT2D eigenvalue weighted by atomic mass is 10.2. The first kappa shape index (κ1) is 12.0. The van der Waals surface area contributed by atoms with E-state index < -0.39 is 5.82 Å². The summed E-state index contributed by atoms with van der Waals surface area (Å²) < 4.78 is 24.0. The van der Waals surface area contributed by atoms with E-state index in [1.807, 2.05) is 18.2 Å². The molecule has 3 rings (SSSR count). The summed E-state index contributed by atoms with van der Waals surface area (Å²) in [7, 11) is 0. The minimum Gasteiger partial charge on any atom is -0.454 e. The Hall–Kier alpha value is -2.01. The first-order chi connectivity index (χ1) is 9.22. The third kappa shape index (κ3) is 2.56. The van der Waals surface area contributed by atoms with Gasteiger partial charge in [0.15, 0.2) is 23.1 Å². The van der Waals surface area contributed by atoms with Crippen LogP contribution in [0.15, 0.2) is 30.5 Å². The Morgan fingerprint density at radius 1 is 1.26 bits per heavy atom. The molecule has 98 valence electrons. The third-order valence-corrected chi connectivity index (χ3v) is 2.91. The van der Waals surface area contributed by atoms with E-state index in [0.717, 1.165) is 11.3 Å². The lowest BCUT2D eigenvalue weighted by molar-refractivity contribution is 0.174. The van der Waals surface area contributed by atoms with Gasteiger partial charge in [-0.1, -0.05) is 17.7 Å². The van der Waals surface area contributed by atoms with Crippen molar-refractivity contribution in [3.63, 3.8) is 0 Å². The van der Waals surface area contributed by atoms with Gasteiger partial charge in [0.25, 0.3) is 0 Å². The zero-order valence-corrected chi connectivity index (χ0v) is 10.6. The number of nitrogens with zero attached hydrogens (tertiary/aromatic N) is 1. The third-order valence-electron chi connectivity index (χ3n) is 2.70. The summed E-state index contributed by atoms with van der Waals surface area (Å²) in [5, 5.41) is 3.18. The first-order valence-electron chi connectivity index (χ1n) is 5.66. The van der Waals surface area contributed by atoms with Crippen molar-refractivity contribution in [3.05, 3.63) is 46.9 Å². The van der Waals surface area contributed by atoms with Crippen LogP contribution < -0.4 is 14.8 Å². The fourth-order valence-electron chi connectivity index (χ4n) is 1.78. The number of fused-ring (bicyclic) bond motifs is 1. The van der Waals surface area contributed by atoms with Gasteiger partial charge in [-0.3, -0.25) is 0 Å². The molecule has 1 aliphatic heterocycles. The van der Waals surface area contributed by atoms with E-state index in [-0.39, 0.29) is 17.6 Å². The normalized spacial score (nSPS) is 12.5. The van der Waals surface area contributed by atoms with Gasteiger partial charge in [-0.25, -0.2) is 9.37 Å². The fraction of sp³-hybridized carbons (Fsp3) is 0.154. The van der Waals surface area contributed by atoms with Gasteiger partial charge in [-0.15, -0.1) is 0 Å². The van der Waals surface area contributed by atoms with E-state index >= 15 is 0 Å². The average Bonchev–Trinajstić information content (AvgIpc) is 2.85. The van der Waals surface area contributed by atoms with Gasteiger partial charge in [0, 0.05) is 12.7 Å². The molecule has 1 aromatic carbocycles. The van der Waals surface area contributed by atoms with Crippen molar-refractivity contribution in [2.75, 3.05) is 12.1 Å². The molecular formula is C13H10ClFN2O2. The summed E-state index contributed by atoms with van der Waals surface area (Å²) >= 11 is 5.64. The molecule has 19 heavy (non-hydrogen) atoms. The Balaban J connectivity index is 1.72. The summed E-state index contributed by atoms with van der Waals surface area (Å²) in [5.74, 6) is 1.11. The fourth-order valence-corrected chi connectivity index (χ4v) is 1.93. The van der Waals surface area contributed by atoms with Crippen molar-refractivity contribution in [2.45, 2.75) is 6.54 Å². The summed E-state index contributed by atoms with van der Waals surface area (Å²) in [5.41, 5.74) is 0.945. The monoisotopic (exact) mass is 280 g/mol. The van der Waals surface area contributed by atoms with E-state index in [9.17, 15) is 4.39 Å². The highest BCUT2D eigenvalue weighted by molar-refractivity contribution is 6.30. The highest BCUT2D eigenvalue weighted by Gasteiger charge is 2.13. The van der Waals surface area contributed by atoms with Gasteiger partial charge in [0.1, 0.15) is 0 Å². The Kier molecular flexibility index (Phi) is 3.13. The molecule has 1 aromatic heterocycles. The maximum Gasteiger partial charge on any atom is 0.231 e. The number of aromatic nitrogens is 1. The summed E-state index contributed by atoms with van der Waals surface area (Å²) in [6.07, 6.45) is 1.40. The molecule has 0 saturated heterocycles. The average molecular weight is 281 g/mol. The van der Waals surface area contributed by atoms with Crippen LogP contribution in [0.2, 0.25) is 5.02 Å². The van der Waals surface area contributed by atoms with Crippen LogP contribution in [-0.4, -0.2) is 11.8 Å². The van der Waals surface area contributed by atoms with Crippen LogP contribution in [0.4, 0.5) is 10.2 Å². The SMILES string of the molecule is Fc1cc(Cl)cnc1NCc1ccc2c(c1)OCO2. The zero-order valence-electron chi connectivity index (χ0n) is 9.82. The first-order valence-corrected chi connectivity index (χ1v) is 6.03. The Morgan fingerprint density at radius 2 is 2.11 bits per heavy atom. The molecule has 0 aliphatic carbocycles. The van der Waals surface area contributed by atoms with Crippen LogP contribution in [0.1, 0.15) is 5.56 Å². The maximum atomic E-state index is 13.5. The minimum atomic E-state index is -0.478. The van der Waals surface area contributed by atoms with Crippen LogP contribution in [-0.2, 0) is 6.54 Å². The number of ether oxygens (including phenoxy) is 2. The number of anilines is 1. The molecular weight excluding hydrogens is 271 g/mol. The largest absolute Gasteiger partial charge is 0.454 e. The van der Waals surface area contributed by atoms with Gasteiger partial charge in [-0.05, 0) is 23.8 Å². The number of benzene rings is 1. The molecule has 1 N–H and O–H groups in total. The second-order valence-corrected chi connectivity index (χ2v) is 4.46. The molecule has 0 spiro atoms. The van der Waals surface area contributed by atoms with Gasteiger partial charge in [-0.2, -0.15) is 0 Å². The standard InChI is InChI=1S/C13H10ClFN2O2/c14-9-4-10(15)13(17-6-9)16-5-8-1-2-11-12(3-8)19-7-18-11/h1-4,6H,5,7H2,(H,16,17). The zero-order chi connectivity index (χ0) is 13.2. The minimum absolute atomic E-state index is 0.169. The molecule has 0 saturated carbocycles. The summed E-state index contributed by atoms with van der Waals surface area (Å²) in [6.45, 7) is 0.668. The topological polar surface area (TPSA) is 43.4 Å². The molecule has 0 unspecified atom stereocenters. The van der Waals surface area contributed by atoms with Crippen LogP contribution in [0.5, 0.6) is 11.5 Å². The van der Waals surface area contributed by atoms with E-state index in [0.29, 0.717) is 12.3 Å². The van der Waals surface area contributed by atoms with E-state index in [1.54, 1.807) is 0 Å². The van der Waals surface area contributed by atoms with Gasteiger partial charge < -0.3 is 14.8 Å². The van der Waals surface area contributed by atoms with E-state index in [2.05, 4.69) is 10.3 Å². The van der Waals surface area contributed by atoms with Crippen molar-refractivity contribution in [1.82, 2.24) is 4.98 Å². The van der Waals surface area contributed by atoms with Crippen molar-refractivity contribution in [2.24, 2.45) is 0 Å². The number of pyridine rings is 1. The van der Waals surface area contributed by atoms with Gasteiger partial charge >= 0.3 is 0 Å². The Morgan fingerprint density at radius 3 is 2.95 bits per heavy atom. The molecule has 0 atom stereocenters. The highest BCUT2D eigenvalue weighted by atomic mass is 35.5. The Bertz CT molecular complexity index is 622. The number of nitrogens with one attached hydrogen (secondary N) is 1.